The van der Waals surface area contributed by atoms with Crippen LogP contribution in [0.15, 0.2) is 35.4 Å². The van der Waals surface area contributed by atoms with Crippen molar-refractivity contribution in [3.8, 4) is 0 Å². The first kappa shape index (κ1) is 13.2. The van der Waals surface area contributed by atoms with Crippen LogP contribution in [0.4, 0.5) is 4.39 Å². The molecule has 0 bridgehead atoms. The summed E-state index contributed by atoms with van der Waals surface area (Å²) in [5, 5.41) is 0. The van der Waals surface area contributed by atoms with Gasteiger partial charge in [0.05, 0.1) is 5.41 Å². The number of carbonyl (C=O) groups excluding carboxylic acids is 2. The van der Waals surface area contributed by atoms with E-state index in [1.807, 2.05) is 13.0 Å². The summed E-state index contributed by atoms with van der Waals surface area (Å²) in [6, 6.07) is 6.30. The van der Waals surface area contributed by atoms with E-state index in [1.165, 1.54) is 12.1 Å². The van der Waals surface area contributed by atoms with Crippen LogP contribution in [0.5, 0.6) is 0 Å². The van der Waals surface area contributed by atoms with Crippen molar-refractivity contribution in [3.63, 3.8) is 0 Å². The van der Waals surface area contributed by atoms with Crippen LogP contribution in [0.1, 0.15) is 44.6 Å². The van der Waals surface area contributed by atoms with Crippen molar-refractivity contribution >= 4 is 11.6 Å². The minimum absolute atomic E-state index is 0.127. The first-order chi connectivity index (χ1) is 9.55. The molecule has 0 saturated heterocycles. The molecule has 0 amide bonds. The molecular formula is C17H17FO2. The summed E-state index contributed by atoms with van der Waals surface area (Å²) in [6.07, 6.45) is 2.93. The fraction of sp³-hybridized carbons (Fsp3) is 0.412. The molecule has 1 aromatic carbocycles. The Morgan fingerprint density at radius 3 is 2.70 bits per heavy atom. The normalized spacial score (nSPS) is 26.7. The Morgan fingerprint density at radius 1 is 1.15 bits per heavy atom. The smallest absolute Gasteiger partial charge is 0.158 e. The van der Waals surface area contributed by atoms with Gasteiger partial charge in [-0.2, -0.15) is 0 Å². The van der Waals surface area contributed by atoms with Gasteiger partial charge in [-0.05, 0) is 55.0 Å². The largest absolute Gasteiger partial charge is 0.298 e. The third kappa shape index (κ3) is 1.76. The summed E-state index contributed by atoms with van der Waals surface area (Å²) in [6.45, 7) is 1.81. The lowest BCUT2D eigenvalue weighted by Gasteiger charge is -2.42. The first-order valence-corrected chi connectivity index (χ1v) is 7.08. The van der Waals surface area contributed by atoms with Gasteiger partial charge in [-0.15, -0.1) is 0 Å². The van der Waals surface area contributed by atoms with Crippen molar-refractivity contribution in [2.45, 2.75) is 44.4 Å². The van der Waals surface area contributed by atoms with Crippen LogP contribution in [0.2, 0.25) is 0 Å². The van der Waals surface area contributed by atoms with Gasteiger partial charge in [0.2, 0.25) is 0 Å². The van der Waals surface area contributed by atoms with Crippen molar-refractivity contribution in [2.75, 3.05) is 0 Å². The van der Waals surface area contributed by atoms with Crippen LogP contribution >= 0.6 is 0 Å². The number of Topliss-reactive ketones (excluding diaryl/α,β-unsaturated/α-hetero) is 2. The van der Waals surface area contributed by atoms with Gasteiger partial charge in [0.25, 0.3) is 0 Å². The van der Waals surface area contributed by atoms with Gasteiger partial charge in [-0.25, -0.2) is 4.39 Å². The number of carbonyl (C=O) groups is 2. The molecule has 0 heterocycles. The van der Waals surface area contributed by atoms with E-state index in [-0.39, 0.29) is 17.4 Å². The SMILES string of the molecule is CC1=C2CCCC(=O)[C@@]2(c2cccc(F)c2)CCC1=O. The molecule has 2 aliphatic carbocycles. The highest BCUT2D eigenvalue weighted by atomic mass is 19.1. The lowest BCUT2D eigenvalue weighted by Crippen LogP contribution is -2.44. The number of benzene rings is 1. The predicted octanol–water partition coefficient (Wildman–Crippen LogP) is 3.50. The molecule has 2 nitrogen and oxygen atoms in total. The average molecular weight is 272 g/mol. The van der Waals surface area contributed by atoms with Crippen LogP contribution in [0.25, 0.3) is 0 Å². The minimum atomic E-state index is -0.752. The van der Waals surface area contributed by atoms with Crippen molar-refractivity contribution in [3.05, 3.63) is 46.8 Å². The van der Waals surface area contributed by atoms with Gasteiger partial charge in [-0.3, -0.25) is 9.59 Å². The molecule has 104 valence electrons. The first-order valence-electron chi connectivity index (χ1n) is 7.08. The topological polar surface area (TPSA) is 34.1 Å². The monoisotopic (exact) mass is 272 g/mol. The van der Waals surface area contributed by atoms with Crippen LogP contribution in [0, 0.1) is 5.82 Å². The zero-order chi connectivity index (χ0) is 14.3. The zero-order valence-corrected chi connectivity index (χ0v) is 11.5. The fourth-order valence-corrected chi connectivity index (χ4v) is 3.71. The van der Waals surface area contributed by atoms with Gasteiger partial charge in [0, 0.05) is 12.8 Å². The molecule has 2 aliphatic rings. The molecule has 1 atom stereocenters. The number of hydrogen-bond donors (Lipinski definition) is 0. The van der Waals surface area contributed by atoms with E-state index in [0.29, 0.717) is 30.4 Å². The predicted molar refractivity (Wildman–Crippen MR) is 73.9 cm³/mol. The van der Waals surface area contributed by atoms with Gasteiger partial charge in [-0.1, -0.05) is 12.1 Å². The van der Waals surface area contributed by atoms with E-state index in [9.17, 15) is 14.0 Å². The molecule has 0 radical (unpaired) electrons. The van der Waals surface area contributed by atoms with E-state index < -0.39 is 5.41 Å². The summed E-state index contributed by atoms with van der Waals surface area (Å²) < 4.78 is 13.6. The number of ketones is 2. The summed E-state index contributed by atoms with van der Waals surface area (Å²) in [5.74, 6) is -0.0675. The van der Waals surface area contributed by atoms with Crippen LogP contribution in [0.3, 0.4) is 0 Å². The molecule has 0 unspecified atom stereocenters. The summed E-state index contributed by atoms with van der Waals surface area (Å²) >= 11 is 0. The molecule has 0 aromatic heterocycles. The molecular weight excluding hydrogens is 255 g/mol. The van der Waals surface area contributed by atoms with Gasteiger partial charge < -0.3 is 0 Å². The highest BCUT2D eigenvalue weighted by molar-refractivity contribution is 6.04. The Balaban J connectivity index is 2.25. The second-order valence-corrected chi connectivity index (χ2v) is 5.72. The lowest BCUT2D eigenvalue weighted by atomic mass is 9.59. The number of hydrogen-bond acceptors (Lipinski definition) is 2. The molecule has 0 N–H and O–H groups in total. The van der Waals surface area contributed by atoms with Gasteiger partial charge >= 0.3 is 0 Å². The summed E-state index contributed by atoms with van der Waals surface area (Å²) in [4.78, 5) is 24.6. The maximum Gasteiger partial charge on any atom is 0.158 e. The third-order valence-corrected chi connectivity index (χ3v) is 4.74. The number of allylic oxidation sites excluding steroid dienone is 2. The second-order valence-electron chi connectivity index (χ2n) is 5.72. The highest BCUT2D eigenvalue weighted by Crippen LogP contribution is 2.48. The highest BCUT2D eigenvalue weighted by Gasteiger charge is 2.48. The van der Waals surface area contributed by atoms with Gasteiger partial charge in [0.1, 0.15) is 11.6 Å². The van der Waals surface area contributed by atoms with E-state index >= 15 is 0 Å². The molecule has 1 aromatic rings. The third-order valence-electron chi connectivity index (χ3n) is 4.74. The molecule has 0 spiro atoms. The average Bonchev–Trinajstić information content (AvgIpc) is 2.44. The van der Waals surface area contributed by atoms with E-state index in [4.69, 9.17) is 0 Å². The van der Waals surface area contributed by atoms with Crippen LogP contribution < -0.4 is 0 Å². The Morgan fingerprint density at radius 2 is 1.95 bits per heavy atom. The number of halogens is 1. The molecule has 0 aliphatic heterocycles. The molecule has 3 heteroatoms. The zero-order valence-electron chi connectivity index (χ0n) is 11.5. The maximum atomic E-state index is 13.6. The Hall–Kier alpha value is -1.77. The second kappa shape index (κ2) is 4.65. The van der Waals surface area contributed by atoms with Crippen LogP contribution in [-0.4, -0.2) is 11.6 Å². The number of fused-ring (bicyclic) bond motifs is 1. The standard InChI is InChI=1S/C17H17FO2/c1-11-14-6-3-7-16(20)17(14,9-8-15(11)19)12-4-2-5-13(18)10-12/h2,4-5,10H,3,6-9H2,1H3/t17-/m1/s1. The summed E-state index contributed by atoms with van der Waals surface area (Å²) in [7, 11) is 0. The van der Waals surface area contributed by atoms with Crippen molar-refractivity contribution in [1.82, 2.24) is 0 Å². The van der Waals surface area contributed by atoms with E-state index in [1.54, 1.807) is 6.07 Å². The Bertz CT molecular complexity index is 630. The Labute approximate surface area is 117 Å². The minimum Gasteiger partial charge on any atom is -0.298 e. The quantitative estimate of drug-likeness (QED) is 0.784. The molecule has 20 heavy (non-hydrogen) atoms. The number of rotatable bonds is 1. The van der Waals surface area contributed by atoms with Crippen molar-refractivity contribution in [1.29, 1.82) is 0 Å². The maximum absolute atomic E-state index is 13.6. The van der Waals surface area contributed by atoms with Crippen LogP contribution in [-0.2, 0) is 15.0 Å². The van der Waals surface area contributed by atoms with Gasteiger partial charge in [0.15, 0.2) is 5.78 Å². The fourth-order valence-electron chi connectivity index (χ4n) is 3.71. The molecule has 1 fully saturated rings. The van der Waals surface area contributed by atoms with Crippen molar-refractivity contribution < 1.29 is 14.0 Å². The van der Waals surface area contributed by atoms with E-state index in [0.717, 1.165) is 18.4 Å². The van der Waals surface area contributed by atoms with Crippen molar-refractivity contribution in [2.24, 2.45) is 0 Å². The summed E-state index contributed by atoms with van der Waals surface area (Å²) in [5.41, 5.74) is 1.60. The molecule has 1 saturated carbocycles. The Kier molecular flexibility index (Phi) is 3.08. The molecule has 3 rings (SSSR count). The lowest BCUT2D eigenvalue weighted by molar-refractivity contribution is -0.126. The van der Waals surface area contributed by atoms with E-state index in [2.05, 4.69) is 0 Å².